The number of carbonyl (C=O) groups is 4. The van der Waals surface area contributed by atoms with E-state index in [1.54, 1.807) is 31.2 Å². The van der Waals surface area contributed by atoms with Gasteiger partial charge < -0.3 is 29.7 Å². The second kappa shape index (κ2) is 15.2. The van der Waals surface area contributed by atoms with Crippen LogP contribution < -0.4 is 24.8 Å². The summed E-state index contributed by atoms with van der Waals surface area (Å²) in [6, 6.07) is 2.28. The van der Waals surface area contributed by atoms with E-state index in [-0.39, 0.29) is 31.2 Å². The molecule has 57 heavy (non-hydrogen) atoms. The van der Waals surface area contributed by atoms with E-state index in [0.29, 0.717) is 62.7 Å². The molecule has 1 saturated heterocycles. The number of amides is 4. The first-order valence-electron chi connectivity index (χ1n) is 19.0. The number of hydrogen-bond donors (Lipinski definition) is 3. The molecule has 2 aliphatic heterocycles. The number of fused-ring (bicyclic) bond motifs is 3. The van der Waals surface area contributed by atoms with Crippen molar-refractivity contribution in [2.24, 2.45) is 17.8 Å². The first-order valence-corrected chi connectivity index (χ1v) is 20.5. The molecule has 0 radical (unpaired) electrons. The molecule has 7 atom stereocenters. The molecular weight excluding hydrogens is 774 g/mol. The highest BCUT2D eigenvalue weighted by Gasteiger charge is 2.63. The summed E-state index contributed by atoms with van der Waals surface area (Å²) in [6.45, 7) is 6.29. The smallest absolute Gasteiger partial charge is 0.427 e. The maximum Gasteiger partial charge on any atom is 0.427 e. The highest BCUT2D eigenvalue weighted by atomic mass is 32.2. The Morgan fingerprint density at radius 2 is 1.81 bits per heavy atom. The summed E-state index contributed by atoms with van der Waals surface area (Å²) in [5.74, 6) is -3.07. The number of benzene rings is 1. The van der Waals surface area contributed by atoms with E-state index in [9.17, 15) is 40.8 Å². The van der Waals surface area contributed by atoms with Crippen molar-refractivity contribution in [1.29, 1.82) is 0 Å². The molecule has 0 spiro atoms. The number of carbonyl (C=O) groups excluding carboxylic acids is 4. The highest BCUT2D eigenvalue weighted by molar-refractivity contribution is 7.91. The van der Waals surface area contributed by atoms with Crippen LogP contribution in [-0.4, -0.2) is 101 Å². The van der Waals surface area contributed by atoms with Gasteiger partial charge in [-0.15, -0.1) is 0 Å². The van der Waals surface area contributed by atoms with Gasteiger partial charge in [-0.3, -0.25) is 19.1 Å². The molecule has 3 fully saturated rings. The van der Waals surface area contributed by atoms with Crippen molar-refractivity contribution >= 4 is 44.9 Å². The predicted octanol–water partition coefficient (Wildman–Crippen LogP) is 4.31. The molecule has 1 aromatic carbocycles. The third-order valence-corrected chi connectivity index (χ3v) is 13.7. The van der Waals surface area contributed by atoms with Gasteiger partial charge in [-0.05, 0) is 83.3 Å². The number of rotatable bonds is 8. The molecule has 0 unspecified atom stereocenters. The summed E-state index contributed by atoms with van der Waals surface area (Å²) >= 11 is 0. The number of nitrogens with zero attached hydrogens (tertiary/aromatic N) is 3. The number of methoxy groups -OCH3 is 1. The molecule has 2 saturated carbocycles. The Morgan fingerprint density at radius 1 is 1.09 bits per heavy atom. The minimum absolute atomic E-state index is 0.0390. The number of ether oxygens (including phenoxy) is 3. The fourth-order valence-corrected chi connectivity index (χ4v) is 8.68. The topological polar surface area (TPSA) is 195 Å². The van der Waals surface area contributed by atoms with Gasteiger partial charge in [0.1, 0.15) is 29.5 Å². The molecule has 4 aliphatic rings. The molecule has 19 heteroatoms. The largest absolute Gasteiger partial charge is 0.497 e. The number of allylic oxidation sites excluding steroid dienone is 1. The quantitative estimate of drug-likeness (QED) is 0.321. The van der Waals surface area contributed by atoms with E-state index in [0.717, 1.165) is 0 Å². The molecule has 15 nitrogen and oxygen atoms in total. The molecule has 1 aromatic heterocycles. The number of sulfonamides is 1. The summed E-state index contributed by atoms with van der Waals surface area (Å²) in [5.41, 5.74) is -3.54. The Labute approximate surface area is 328 Å². The minimum atomic E-state index is -4.91. The number of alkyl carbamates (subject to hydrolysis) is 1. The maximum atomic E-state index is 14.7. The molecule has 3 heterocycles. The zero-order chi connectivity index (χ0) is 41.7. The monoisotopic (exact) mass is 822 g/mol. The summed E-state index contributed by atoms with van der Waals surface area (Å²) in [5, 5.41) is 5.14. The van der Waals surface area contributed by atoms with Crippen molar-refractivity contribution in [2.75, 3.05) is 13.7 Å². The first kappa shape index (κ1) is 41.9. The van der Waals surface area contributed by atoms with Gasteiger partial charge in [-0.25, -0.2) is 23.2 Å². The summed E-state index contributed by atoms with van der Waals surface area (Å²) in [7, 11) is -2.56. The Kier molecular flexibility index (Phi) is 11.2. The molecule has 6 rings (SSSR count). The Balaban J connectivity index is 1.33. The Morgan fingerprint density at radius 3 is 2.47 bits per heavy atom. The van der Waals surface area contributed by atoms with Gasteiger partial charge in [0.25, 0.3) is 5.91 Å². The van der Waals surface area contributed by atoms with Gasteiger partial charge in [0.2, 0.25) is 33.3 Å². The van der Waals surface area contributed by atoms with Crippen molar-refractivity contribution in [3.05, 3.63) is 36.5 Å². The number of hydrogen-bond acceptors (Lipinski definition) is 11. The zero-order valence-corrected chi connectivity index (χ0v) is 33.5. The van der Waals surface area contributed by atoms with Crippen LogP contribution in [0.1, 0.15) is 79.6 Å². The highest BCUT2D eigenvalue weighted by Crippen LogP contribution is 2.47. The standard InChI is InChI=1S/C38H49F3N6O9S/c1-21-9-7-8-10-23-18-37(23,33(50)46-57(52,53)36(5)13-14-36)45-31(48)28-17-25(55-29-19-42-27-16-24(54-6)11-12-26(27)43-29)20-47(28)32(49)30(22(2)15-21)44-34(51)56-35(3,4)38(39,40)41/h8,10-12,16,19,21-23,25,28,30H,7,9,13-15,17-18,20H2,1-6H3,(H,44,51)(H,45,48)(H,46,50)/b10-8-/t21-,22-,23-,25-,28+,30+,37-/m1/s1. The van der Waals surface area contributed by atoms with E-state index < -0.39 is 85.9 Å². The molecule has 2 aliphatic carbocycles. The van der Waals surface area contributed by atoms with E-state index in [1.807, 2.05) is 13.0 Å². The number of nitrogens with one attached hydrogen (secondary N) is 3. The SMILES string of the molecule is COc1ccc2nc(O[C@@H]3C[C@H]4C(=O)N[C@]5(C(=O)NS(=O)(=O)C6(C)CC6)C[C@H]5/C=C\CC[C@@H](C)C[C@@H](C)[C@H](NC(=O)OC(C)(C)C(F)(F)F)C(=O)N4C3)cnc2c1. The van der Waals surface area contributed by atoms with Gasteiger partial charge in [-0.2, -0.15) is 13.2 Å². The second-order valence-corrected chi connectivity index (χ2v) is 18.7. The normalized spacial score (nSPS) is 29.7. The van der Waals surface area contributed by atoms with Crippen LogP contribution in [0.5, 0.6) is 11.6 Å². The van der Waals surface area contributed by atoms with Crippen molar-refractivity contribution < 1.29 is 55.0 Å². The third-order valence-electron chi connectivity index (χ3n) is 11.6. The van der Waals surface area contributed by atoms with Crippen LogP contribution in [0, 0.1) is 17.8 Å². The lowest BCUT2D eigenvalue weighted by molar-refractivity contribution is -0.244. The van der Waals surface area contributed by atoms with Gasteiger partial charge in [0.05, 0.1) is 35.6 Å². The number of alkyl halides is 3. The summed E-state index contributed by atoms with van der Waals surface area (Å²) in [6.07, 6.45) is -0.0289. The van der Waals surface area contributed by atoms with Gasteiger partial charge in [0, 0.05) is 18.4 Å². The second-order valence-electron chi connectivity index (χ2n) is 16.5. The molecule has 312 valence electrons. The average molecular weight is 823 g/mol. The fraction of sp³-hybridized carbons (Fsp3) is 0.632. The molecular formula is C38H49F3N6O9S. The van der Waals surface area contributed by atoms with E-state index in [4.69, 9.17) is 14.2 Å². The Hall–Kier alpha value is -4.68. The van der Waals surface area contributed by atoms with E-state index in [1.165, 1.54) is 25.1 Å². The van der Waals surface area contributed by atoms with Gasteiger partial charge in [-0.1, -0.05) is 26.0 Å². The molecule has 0 bridgehead atoms. The molecule has 2 aromatic rings. The minimum Gasteiger partial charge on any atom is -0.497 e. The summed E-state index contributed by atoms with van der Waals surface area (Å²) < 4.78 is 84.7. The van der Waals surface area contributed by atoms with Crippen LogP contribution in [0.4, 0.5) is 18.0 Å². The van der Waals surface area contributed by atoms with Crippen LogP contribution in [0.3, 0.4) is 0 Å². The number of aromatic nitrogens is 2. The van der Waals surface area contributed by atoms with Crippen molar-refractivity contribution in [2.45, 2.75) is 120 Å². The fourth-order valence-electron chi connectivity index (χ4n) is 7.37. The lowest BCUT2D eigenvalue weighted by Gasteiger charge is -2.34. The average Bonchev–Trinajstić information content (AvgIpc) is 4.01. The first-order chi connectivity index (χ1) is 26.6. The van der Waals surface area contributed by atoms with Gasteiger partial charge >= 0.3 is 12.3 Å². The lowest BCUT2D eigenvalue weighted by atomic mass is 9.88. The maximum absolute atomic E-state index is 14.7. The van der Waals surface area contributed by atoms with Crippen LogP contribution >= 0.6 is 0 Å². The zero-order valence-electron chi connectivity index (χ0n) is 32.6. The summed E-state index contributed by atoms with van der Waals surface area (Å²) in [4.78, 5) is 66.1. The predicted molar refractivity (Wildman–Crippen MR) is 199 cm³/mol. The van der Waals surface area contributed by atoms with E-state index >= 15 is 0 Å². The number of halogens is 3. The van der Waals surface area contributed by atoms with Crippen LogP contribution in [0.15, 0.2) is 36.5 Å². The lowest BCUT2D eigenvalue weighted by Crippen LogP contribution is -2.59. The Bertz CT molecular complexity index is 2060. The third kappa shape index (κ3) is 8.77. The van der Waals surface area contributed by atoms with Crippen LogP contribution in [0.25, 0.3) is 11.0 Å². The van der Waals surface area contributed by atoms with Crippen LogP contribution in [-0.2, 0) is 29.1 Å². The molecule has 3 N–H and O–H groups in total. The molecule has 4 amide bonds. The van der Waals surface area contributed by atoms with Gasteiger partial charge in [0.15, 0.2) is 0 Å². The van der Waals surface area contributed by atoms with Crippen molar-refractivity contribution in [1.82, 2.24) is 30.2 Å². The van der Waals surface area contributed by atoms with Crippen molar-refractivity contribution in [3.63, 3.8) is 0 Å². The van der Waals surface area contributed by atoms with E-state index in [2.05, 4.69) is 25.3 Å². The van der Waals surface area contributed by atoms with Crippen LogP contribution in [0.2, 0.25) is 0 Å². The van der Waals surface area contributed by atoms with Crippen molar-refractivity contribution in [3.8, 4) is 11.6 Å².